The van der Waals surface area contributed by atoms with Crippen LogP contribution < -0.4 is 13.9 Å². The fraction of sp³-hybridized carbons (Fsp3) is 0.333. The van der Waals surface area contributed by atoms with Gasteiger partial charge in [-0.25, -0.2) is 18.0 Å². The summed E-state index contributed by atoms with van der Waals surface area (Å²) < 4.78 is 37.4. The lowest BCUT2D eigenvalue weighted by Crippen LogP contribution is -2.49. The fourth-order valence-corrected chi connectivity index (χ4v) is 5.48. The monoisotopic (exact) mass is 424 g/mol. The minimum atomic E-state index is -4.07. The van der Waals surface area contributed by atoms with Crippen LogP contribution in [0.4, 0.5) is 15.5 Å². The Balaban J connectivity index is 1.99. The number of thiophene rings is 1. The minimum Gasteiger partial charge on any atom is -0.479 e. The molecule has 2 amide bonds. The highest BCUT2D eigenvalue weighted by Gasteiger charge is 2.42. The fourth-order valence-electron chi connectivity index (χ4n) is 2.74. The molecule has 0 saturated carbocycles. The summed E-state index contributed by atoms with van der Waals surface area (Å²) in [5.41, 5.74) is 1.05. The van der Waals surface area contributed by atoms with Gasteiger partial charge in [-0.15, -0.1) is 11.3 Å². The zero-order valence-electron chi connectivity index (χ0n) is 15.8. The summed E-state index contributed by atoms with van der Waals surface area (Å²) in [5, 5.41) is 2.11. The third-order valence-corrected chi connectivity index (χ3v) is 7.00. The number of amides is 2. The molecule has 1 aliphatic rings. The largest absolute Gasteiger partial charge is 0.479 e. The van der Waals surface area contributed by atoms with E-state index < -0.39 is 28.1 Å². The molecule has 0 saturated heterocycles. The van der Waals surface area contributed by atoms with Gasteiger partial charge in [0, 0.05) is 13.1 Å². The Hall–Kier alpha value is -2.59. The smallest absolute Gasteiger partial charge is 0.347 e. The van der Waals surface area contributed by atoms with Gasteiger partial charge < -0.3 is 9.47 Å². The third kappa shape index (κ3) is 3.45. The van der Waals surface area contributed by atoms with Gasteiger partial charge in [-0.3, -0.25) is 4.90 Å². The average molecular weight is 425 g/mol. The second-order valence-electron chi connectivity index (χ2n) is 6.21. The van der Waals surface area contributed by atoms with Gasteiger partial charge in [0.1, 0.15) is 15.6 Å². The number of fused-ring (bicyclic) bond motifs is 1. The number of aryl methyl sites for hydroxylation is 1. The molecule has 28 heavy (non-hydrogen) atoms. The van der Waals surface area contributed by atoms with Crippen molar-refractivity contribution in [3.63, 3.8) is 0 Å². The van der Waals surface area contributed by atoms with Crippen LogP contribution in [0.25, 0.3) is 0 Å². The molecule has 1 atom stereocenters. The maximum Gasteiger partial charge on any atom is 0.347 e. The highest BCUT2D eigenvalue weighted by atomic mass is 32.2. The lowest BCUT2D eigenvalue weighted by molar-refractivity contribution is -0.150. The van der Waals surface area contributed by atoms with Gasteiger partial charge in [-0.05, 0) is 49.9 Å². The van der Waals surface area contributed by atoms with Crippen molar-refractivity contribution in [2.24, 2.45) is 0 Å². The van der Waals surface area contributed by atoms with Crippen LogP contribution in [-0.2, 0) is 19.6 Å². The predicted molar refractivity (Wildman–Crippen MR) is 106 cm³/mol. The summed E-state index contributed by atoms with van der Waals surface area (Å²) in [4.78, 5) is 25.8. The number of nitrogens with zero attached hydrogens (tertiary/aromatic N) is 2. The molecule has 1 aromatic heterocycles. The number of rotatable bonds is 5. The predicted octanol–water partition coefficient (Wildman–Crippen LogP) is 3.15. The number of hydrogen-bond donors (Lipinski definition) is 0. The van der Waals surface area contributed by atoms with Gasteiger partial charge in [0.05, 0.1) is 12.3 Å². The first kappa shape index (κ1) is 20.2. The van der Waals surface area contributed by atoms with Crippen molar-refractivity contribution < 1.29 is 27.5 Å². The quantitative estimate of drug-likeness (QED) is 0.685. The third-order valence-electron chi connectivity index (χ3n) is 4.12. The van der Waals surface area contributed by atoms with E-state index in [0.717, 1.165) is 9.87 Å². The van der Waals surface area contributed by atoms with E-state index in [-0.39, 0.29) is 22.9 Å². The maximum atomic E-state index is 13.1. The highest BCUT2D eigenvalue weighted by Crippen LogP contribution is 2.40. The number of esters is 1. The number of carbonyl (C=O) groups excluding carboxylic acids is 2. The summed E-state index contributed by atoms with van der Waals surface area (Å²) in [6.07, 6.45) is -0.871. The van der Waals surface area contributed by atoms with Gasteiger partial charge in [0.25, 0.3) is 10.0 Å². The second-order valence-corrected chi connectivity index (χ2v) is 8.86. The molecule has 0 fully saturated rings. The Morgan fingerprint density at radius 3 is 2.61 bits per heavy atom. The van der Waals surface area contributed by atoms with Gasteiger partial charge >= 0.3 is 12.0 Å². The van der Waals surface area contributed by atoms with Crippen molar-refractivity contribution in [3.8, 4) is 5.75 Å². The van der Waals surface area contributed by atoms with Crippen LogP contribution in [0, 0.1) is 6.92 Å². The Bertz CT molecular complexity index is 1030. The number of sulfonamides is 1. The zero-order valence-corrected chi connectivity index (χ0v) is 17.5. The topological polar surface area (TPSA) is 93.2 Å². The highest BCUT2D eigenvalue weighted by molar-refractivity contribution is 7.94. The normalized spacial score (nSPS) is 16.5. The van der Waals surface area contributed by atoms with Crippen LogP contribution in [-0.4, -0.2) is 40.2 Å². The summed E-state index contributed by atoms with van der Waals surface area (Å²) in [5.74, 6) is -0.272. The Morgan fingerprint density at radius 2 is 2.00 bits per heavy atom. The van der Waals surface area contributed by atoms with E-state index in [9.17, 15) is 18.0 Å². The Labute approximate surface area is 167 Å². The molecule has 10 heteroatoms. The molecule has 2 aromatic rings. The molecular weight excluding hydrogens is 404 g/mol. The SMILES string of the molecule is CCOC(=O)C(C)Oc1ccc2c(c1)N(C)C(=O)N(c1cc(C)cs1)S2(=O)=O. The first-order valence-electron chi connectivity index (χ1n) is 8.52. The lowest BCUT2D eigenvalue weighted by Gasteiger charge is -2.33. The number of ether oxygens (including phenoxy) is 2. The van der Waals surface area contributed by atoms with Crippen molar-refractivity contribution in [1.29, 1.82) is 0 Å². The van der Waals surface area contributed by atoms with E-state index in [1.54, 1.807) is 18.4 Å². The zero-order chi connectivity index (χ0) is 20.6. The molecule has 1 unspecified atom stereocenters. The Morgan fingerprint density at radius 1 is 1.29 bits per heavy atom. The molecule has 2 heterocycles. The molecule has 150 valence electrons. The number of anilines is 2. The average Bonchev–Trinajstić information content (AvgIpc) is 3.05. The van der Waals surface area contributed by atoms with Crippen molar-refractivity contribution in [2.75, 3.05) is 22.9 Å². The molecule has 8 nitrogen and oxygen atoms in total. The van der Waals surface area contributed by atoms with Gasteiger partial charge in [0.15, 0.2) is 6.10 Å². The van der Waals surface area contributed by atoms with E-state index in [0.29, 0.717) is 5.00 Å². The van der Waals surface area contributed by atoms with E-state index in [2.05, 4.69) is 0 Å². The van der Waals surface area contributed by atoms with Crippen molar-refractivity contribution in [1.82, 2.24) is 0 Å². The van der Waals surface area contributed by atoms with Crippen molar-refractivity contribution >= 4 is 44.0 Å². The van der Waals surface area contributed by atoms with Crippen LogP contribution in [0.15, 0.2) is 34.5 Å². The lowest BCUT2D eigenvalue weighted by atomic mass is 10.2. The molecular formula is C18H20N2O6S2. The molecule has 1 aliphatic heterocycles. The standard InChI is InChI=1S/C18H20N2O6S2/c1-5-25-17(21)12(3)26-13-6-7-15-14(9-13)19(4)18(22)20(28(15,23)24)16-8-11(2)10-27-16/h6-10,12H,5H2,1-4H3. The van der Waals surface area contributed by atoms with Crippen LogP contribution in [0.3, 0.4) is 0 Å². The molecule has 0 spiro atoms. The van der Waals surface area contributed by atoms with Crippen LogP contribution in [0.2, 0.25) is 0 Å². The van der Waals surface area contributed by atoms with Crippen LogP contribution >= 0.6 is 11.3 Å². The molecule has 3 rings (SSSR count). The molecule has 0 aliphatic carbocycles. The number of benzene rings is 1. The first-order chi connectivity index (χ1) is 13.2. The molecule has 0 N–H and O–H groups in total. The second kappa shape index (κ2) is 7.44. The number of urea groups is 1. The van der Waals surface area contributed by atoms with E-state index in [4.69, 9.17) is 9.47 Å². The number of hydrogen-bond acceptors (Lipinski definition) is 7. The molecule has 0 radical (unpaired) electrons. The first-order valence-corrected chi connectivity index (χ1v) is 10.8. The summed E-state index contributed by atoms with van der Waals surface area (Å²) >= 11 is 1.18. The molecule has 1 aromatic carbocycles. The van der Waals surface area contributed by atoms with Crippen molar-refractivity contribution in [3.05, 3.63) is 35.2 Å². The van der Waals surface area contributed by atoms with Gasteiger partial charge in [-0.1, -0.05) is 0 Å². The number of carbonyl (C=O) groups is 2. The summed E-state index contributed by atoms with van der Waals surface area (Å²) in [6.45, 7) is 5.27. The van der Waals surface area contributed by atoms with Crippen LogP contribution in [0.5, 0.6) is 5.75 Å². The van der Waals surface area contributed by atoms with Crippen molar-refractivity contribution in [2.45, 2.75) is 31.8 Å². The van der Waals surface area contributed by atoms with Gasteiger partial charge in [0.2, 0.25) is 0 Å². The molecule has 0 bridgehead atoms. The summed E-state index contributed by atoms with van der Waals surface area (Å²) in [6, 6.07) is 5.21. The van der Waals surface area contributed by atoms with E-state index in [1.165, 1.54) is 48.4 Å². The van der Waals surface area contributed by atoms with E-state index >= 15 is 0 Å². The van der Waals surface area contributed by atoms with E-state index in [1.807, 2.05) is 6.92 Å². The Kier molecular flexibility index (Phi) is 5.35. The van der Waals surface area contributed by atoms with Gasteiger partial charge in [-0.2, -0.15) is 4.31 Å². The minimum absolute atomic E-state index is 0.0169. The van der Waals surface area contributed by atoms with Crippen LogP contribution in [0.1, 0.15) is 19.4 Å². The maximum absolute atomic E-state index is 13.1. The summed E-state index contributed by atoms with van der Waals surface area (Å²) in [7, 11) is -2.58.